The van der Waals surface area contributed by atoms with Crippen molar-refractivity contribution in [3.05, 3.63) is 58.1 Å². The lowest BCUT2D eigenvalue weighted by Crippen LogP contribution is -2.20. The molecule has 0 amide bonds. The number of anilines is 2. The molecule has 0 aliphatic heterocycles. The highest BCUT2D eigenvalue weighted by atomic mass is 79.9. The lowest BCUT2D eigenvalue weighted by molar-refractivity contribution is 0.725. The average molecular weight is 347 g/mol. The zero-order valence-electron chi connectivity index (χ0n) is 13.0. The topological polar surface area (TPSA) is 15.3 Å². The van der Waals surface area contributed by atoms with Gasteiger partial charge in [-0.2, -0.15) is 0 Å². The quantitative estimate of drug-likeness (QED) is 0.789. The maximum atomic E-state index is 3.60. The van der Waals surface area contributed by atoms with Gasteiger partial charge in [-0.3, -0.25) is 0 Å². The second-order valence-electron chi connectivity index (χ2n) is 5.14. The van der Waals surface area contributed by atoms with E-state index in [0.29, 0.717) is 0 Å². The first-order valence-electron chi connectivity index (χ1n) is 7.49. The summed E-state index contributed by atoms with van der Waals surface area (Å²) in [7, 11) is 0. The number of hydrogen-bond acceptors (Lipinski definition) is 2. The van der Waals surface area contributed by atoms with Crippen LogP contribution < -0.4 is 10.2 Å². The van der Waals surface area contributed by atoms with E-state index in [1.54, 1.807) is 0 Å². The summed E-state index contributed by atoms with van der Waals surface area (Å²) in [5.41, 5.74) is 5.12. The van der Waals surface area contributed by atoms with Gasteiger partial charge < -0.3 is 10.2 Å². The normalized spacial score (nSPS) is 10.7. The average Bonchev–Trinajstić information content (AvgIpc) is 2.47. The number of nitrogens with one attached hydrogen (secondary N) is 1. The van der Waals surface area contributed by atoms with Gasteiger partial charge in [0.2, 0.25) is 0 Å². The van der Waals surface area contributed by atoms with Gasteiger partial charge in [0.1, 0.15) is 0 Å². The Kier molecular flexibility index (Phi) is 5.83. The van der Waals surface area contributed by atoms with Gasteiger partial charge in [0.05, 0.1) is 0 Å². The fraction of sp³-hybridized carbons (Fsp3) is 0.333. The Hall–Kier alpha value is -1.32. The van der Waals surface area contributed by atoms with Crippen molar-refractivity contribution in [1.29, 1.82) is 0 Å². The van der Waals surface area contributed by atoms with Crippen LogP contribution in [0.25, 0.3) is 0 Å². The van der Waals surface area contributed by atoms with Crippen LogP contribution in [-0.4, -0.2) is 13.1 Å². The maximum absolute atomic E-state index is 3.60. The summed E-state index contributed by atoms with van der Waals surface area (Å²) in [4.78, 5) is 2.37. The molecule has 2 aromatic carbocycles. The summed E-state index contributed by atoms with van der Waals surface area (Å²) in [6.45, 7) is 9.28. The molecule has 0 atom stereocenters. The van der Waals surface area contributed by atoms with E-state index in [4.69, 9.17) is 0 Å². The molecule has 2 nitrogen and oxygen atoms in total. The first-order valence-corrected chi connectivity index (χ1v) is 8.28. The van der Waals surface area contributed by atoms with Gasteiger partial charge in [0.25, 0.3) is 0 Å². The van der Waals surface area contributed by atoms with Crippen molar-refractivity contribution < 1.29 is 0 Å². The first kappa shape index (κ1) is 16.1. The van der Waals surface area contributed by atoms with Crippen LogP contribution in [0.3, 0.4) is 0 Å². The summed E-state index contributed by atoms with van der Waals surface area (Å²) in [5, 5.41) is 3.42. The van der Waals surface area contributed by atoms with Crippen molar-refractivity contribution >= 4 is 27.3 Å². The molecule has 0 unspecified atom stereocenters. The molecule has 2 aromatic rings. The van der Waals surface area contributed by atoms with Crippen LogP contribution >= 0.6 is 15.9 Å². The number of halogens is 1. The van der Waals surface area contributed by atoms with E-state index in [1.807, 2.05) is 0 Å². The van der Waals surface area contributed by atoms with Crippen LogP contribution in [0.15, 0.2) is 46.9 Å². The largest absolute Gasteiger partial charge is 0.341 e. The van der Waals surface area contributed by atoms with Crippen LogP contribution in [0.4, 0.5) is 11.4 Å². The van der Waals surface area contributed by atoms with Crippen LogP contribution in [0.5, 0.6) is 0 Å². The molecule has 0 spiro atoms. The standard InChI is InChI=1S/C18H23BrN2/c1-4-20-13-15-9-10-16(19)12-18(15)21(5-2)17-8-6-7-14(3)11-17/h6-12,20H,4-5,13H2,1-3H3. The molecule has 0 saturated carbocycles. The molecule has 2 rings (SSSR count). The minimum absolute atomic E-state index is 0.890. The lowest BCUT2D eigenvalue weighted by atomic mass is 10.1. The molecule has 0 fully saturated rings. The van der Waals surface area contributed by atoms with Crippen LogP contribution in [0, 0.1) is 6.92 Å². The predicted octanol–water partition coefficient (Wildman–Crippen LogP) is 5.03. The molecule has 112 valence electrons. The van der Waals surface area contributed by atoms with Crippen molar-refractivity contribution in [2.24, 2.45) is 0 Å². The number of hydrogen-bond donors (Lipinski definition) is 1. The van der Waals surface area contributed by atoms with Gasteiger partial charge in [0, 0.05) is 28.9 Å². The van der Waals surface area contributed by atoms with Crippen molar-refractivity contribution in [2.75, 3.05) is 18.0 Å². The summed E-state index contributed by atoms with van der Waals surface area (Å²) in [6.07, 6.45) is 0. The zero-order valence-corrected chi connectivity index (χ0v) is 14.6. The number of aryl methyl sites for hydroxylation is 1. The first-order chi connectivity index (χ1) is 10.2. The Bertz CT molecular complexity index is 596. The third-order valence-electron chi connectivity index (χ3n) is 3.53. The second-order valence-corrected chi connectivity index (χ2v) is 6.05. The Labute approximate surface area is 136 Å². The molecule has 0 aromatic heterocycles. The molecule has 3 heteroatoms. The molecule has 1 N–H and O–H groups in total. The van der Waals surface area contributed by atoms with E-state index < -0.39 is 0 Å². The SMILES string of the molecule is CCNCc1ccc(Br)cc1N(CC)c1cccc(C)c1. The van der Waals surface area contributed by atoms with E-state index in [0.717, 1.165) is 24.1 Å². The van der Waals surface area contributed by atoms with Gasteiger partial charge >= 0.3 is 0 Å². The molecule has 0 saturated heterocycles. The highest BCUT2D eigenvalue weighted by molar-refractivity contribution is 9.10. The number of rotatable bonds is 6. The molecule has 0 heterocycles. The lowest BCUT2D eigenvalue weighted by Gasteiger charge is -2.26. The van der Waals surface area contributed by atoms with Gasteiger partial charge in [-0.05, 0) is 55.8 Å². The van der Waals surface area contributed by atoms with Gasteiger partial charge in [-0.1, -0.05) is 41.1 Å². The predicted molar refractivity (Wildman–Crippen MR) is 95.4 cm³/mol. The minimum Gasteiger partial charge on any atom is -0.341 e. The number of benzene rings is 2. The molecule has 0 bridgehead atoms. The van der Waals surface area contributed by atoms with Gasteiger partial charge in [-0.15, -0.1) is 0 Å². The molecule has 21 heavy (non-hydrogen) atoms. The Balaban J connectivity index is 2.43. The van der Waals surface area contributed by atoms with Crippen LogP contribution in [0.2, 0.25) is 0 Å². The Morgan fingerprint density at radius 1 is 1.10 bits per heavy atom. The second kappa shape index (κ2) is 7.62. The van der Waals surface area contributed by atoms with Crippen LogP contribution in [0.1, 0.15) is 25.0 Å². The monoisotopic (exact) mass is 346 g/mol. The van der Waals surface area contributed by atoms with E-state index in [2.05, 4.69) is 89.4 Å². The fourth-order valence-electron chi connectivity index (χ4n) is 2.49. The summed E-state index contributed by atoms with van der Waals surface area (Å²) >= 11 is 3.60. The van der Waals surface area contributed by atoms with Crippen molar-refractivity contribution in [3.63, 3.8) is 0 Å². The molecular formula is C18H23BrN2. The number of nitrogens with zero attached hydrogens (tertiary/aromatic N) is 1. The van der Waals surface area contributed by atoms with Crippen LogP contribution in [-0.2, 0) is 6.54 Å². The van der Waals surface area contributed by atoms with Gasteiger partial charge in [0.15, 0.2) is 0 Å². The molecule has 0 radical (unpaired) electrons. The highest BCUT2D eigenvalue weighted by Crippen LogP contribution is 2.31. The minimum atomic E-state index is 0.890. The summed E-state index contributed by atoms with van der Waals surface area (Å²) in [6, 6.07) is 15.2. The third kappa shape index (κ3) is 4.08. The van der Waals surface area contributed by atoms with Gasteiger partial charge in [-0.25, -0.2) is 0 Å². The Morgan fingerprint density at radius 2 is 1.90 bits per heavy atom. The van der Waals surface area contributed by atoms with E-state index in [1.165, 1.54) is 22.5 Å². The molecule has 0 aliphatic rings. The fourth-order valence-corrected chi connectivity index (χ4v) is 2.83. The van der Waals surface area contributed by atoms with Crippen molar-refractivity contribution in [3.8, 4) is 0 Å². The molecular weight excluding hydrogens is 324 g/mol. The zero-order chi connectivity index (χ0) is 15.2. The van der Waals surface area contributed by atoms with E-state index >= 15 is 0 Å². The Morgan fingerprint density at radius 3 is 2.57 bits per heavy atom. The van der Waals surface area contributed by atoms with E-state index in [-0.39, 0.29) is 0 Å². The highest BCUT2D eigenvalue weighted by Gasteiger charge is 2.12. The smallest absolute Gasteiger partial charge is 0.0467 e. The molecule has 0 aliphatic carbocycles. The summed E-state index contributed by atoms with van der Waals surface area (Å²) < 4.78 is 1.11. The maximum Gasteiger partial charge on any atom is 0.0467 e. The van der Waals surface area contributed by atoms with Crippen molar-refractivity contribution in [2.45, 2.75) is 27.3 Å². The third-order valence-corrected chi connectivity index (χ3v) is 4.03. The van der Waals surface area contributed by atoms with Crippen molar-refractivity contribution in [1.82, 2.24) is 5.32 Å². The summed E-state index contributed by atoms with van der Waals surface area (Å²) in [5.74, 6) is 0. The van der Waals surface area contributed by atoms with E-state index in [9.17, 15) is 0 Å².